The Labute approximate surface area is 154 Å². The van der Waals surface area contributed by atoms with Gasteiger partial charge in [0, 0.05) is 88.7 Å². The van der Waals surface area contributed by atoms with E-state index in [0.717, 1.165) is 0 Å². The maximum atomic E-state index is 10.5. The van der Waals surface area contributed by atoms with E-state index in [-0.39, 0.29) is 88.7 Å². The Hall–Kier alpha value is 2.47. The molecule has 0 aliphatic rings. The predicted octanol–water partition coefficient (Wildman–Crippen LogP) is -4.52. The Morgan fingerprint density at radius 3 is 1.67 bits per heavy atom. The summed E-state index contributed by atoms with van der Waals surface area (Å²) in [4.78, 5) is 10.5. The van der Waals surface area contributed by atoms with Crippen LogP contribution in [0.3, 0.4) is 0 Å². The Morgan fingerprint density at radius 1 is 1.00 bits per heavy atom. The maximum absolute atomic E-state index is 10.5. The molecule has 3 atom stereocenters. The fourth-order valence-corrected chi connectivity index (χ4v) is 0.602. The monoisotopic (exact) mass is 249 g/mol. The fraction of sp³-hybridized carbons (Fsp3) is 0.833. The van der Waals surface area contributed by atoms with E-state index in [1.165, 1.54) is 0 Å². The van der Waals surface area contributed by atoms with Gasteiger partial charge in [0.1, 0.15) is 24.9 Å². The standard InChI is InChI=1S/C6H12O6.3Na/c7-1-3(9)5(11)6(12)4(10)2-8;;;/h3,5-9,11-12H,1-2H2;;;/t3-,5-,6-;;;/m1.../s1. The van der Waals surface area contributed by atoms with Crippen molar-refractivity contribution < 1.29 is 30.3 Å². The molecule has 0 heterocycles. The van der Waals surface area contributed by atoms with E-state index in [9.17, 15) is 4.79 Å². The minimum atomic E-state index is -1.86. The van der Waals surface area contributed by atoms with Gasteiger partial charge in [0.15, 0.2) is 5.78 Å². The summed E-state index contributed by atoms with van der Waals surface area (Å²) in [5.41, 5.74) is 0. The third-order valence-electron chi connectivity index (χ3n) is 1.39. The normalized spacial score (nSPS) is 14.7. The van der Waals surface area contributed by atoms with Gasteiger partial charge < -0.3 is 25.5 Å². The summed E-state index contributed by atoms with van der Waals surface area (Å²) < 4.78 is 0. The average molecular weight is 249 g/mol. The topological polar surface area (TPSA) is 118 Å². The van der Waals surface area contributed by atoms with Crippen molar-refractivity contribution in [2.75, 3.05) is 13.2 Å². The van der Waals surface area contributed by atoms with Crippen LogP contribution in [-0.4, -0.2) is 152 Å². The number of carbonyl (C=O) groups excluding carboxylic acids is 1. The molecule has 0 aromatic carbocycles. The largest absolute Gasteiger partial charge is 0.394 e. The molecule has 15 heavy (non-hydrogen) atoms. The van der Waals surface area contributed by atoms with Crippen LogP contribution in [0.15, 0.2) is 0 Å². The molecule has 0 bridgehead atoms. The van der Waals surface area contributed by atoms with Gasteiger partial charge in [-0.1, -0.05) is 0 Å². The van der Waals surface area contributed by atoms with Crippen LogP contribution in [0.2, 0.25) is 0 Å². The number of aliphatic hydroxyl groups is 5. The summed E-state index contributed by atoms with van der Waals surface area (Å²) in [7, 11) is 0. The molecule has 75 valence electrons. The average Bonchev–Trinajstić information content (AvgIpc) is 2.12. The summed E-state index contributed by atoms with van der Waals surface area (Å²) >= 11 is 0. The van der Waals surface area contributed by atoms with Crippen molar-refractivity contribution in [3.05, 3.63) is 0 Å². The van der Waals surface area contributed by atoms with E-state index < -0.39 is 37.3 Å². The number of Topliss-reactive ketones (excluding diaryl/α,β-unsaturated/α-hetero) is 1. The van der Waals surface area contributed by atoms with Crippen molar-refractivity contribution in [2.45, 2.75) is 18.3 Å². The molecule has 5 N–H and O–H groups in total. The zero-order chi connectivity index (χ0) is 9.72. The first-order valence-corrected chi connectivity index (χ1v) is 3.33. The quantitative estimate of drug-likeness (QED) is 0.313. The van der Waals surface area contributed by atoms with E-state index in [0.29, 0.717) is 0 Å². The van der Waals surface area contributed by atoms with Gasteiger partial charge in [0.25, 0.3) is 0 Å². The first kappa shape index (κ1) is 26.1. The maximum Gasteiger partial charge on any atom is 0.189 e. The zero-order valence-corrected chi connectivity index (χ0v) is 15.3. The zero-order valence-electron chi connectivity index (χ0n) is 9.29. The van der Waals surface area contributed by atoms with Crippen molar-refractivity contribution >= 4 is 94.5 Å². The van der Waals surface area contributed by atoms with Crippen LogP contribution in [0.4, 0.5) is 0 Å². The second-order valence-corrected chi connectivity index (χ2v) is 2.31. The van der Waals surface area contributed by atoms with E-state index in [1.807, 2.05) is 0 Å². The van der Waals surface area contributed by atoms with E-state index in [4.69, 9.17) is 25.5 Å². The summed E-state index contributed by atoms with van der Waals surface area (Å²) in [5, 5.41) is 43.1. The van der Waals surface area contributed by atoms with Gasteiger partial charge in [-0.3, -0.25) is 4.79 Å². The van der Waals surface area contributed by atoms with Crippen LogP contribution in [0.5, 0.6) is 0 Å². The number of carbonyl (C=O) groups is 1. The molecule has 0 aliphatic carbocycles. The van der Waals surface area contributed by atoms with Gasteiger partial charge in [-0.15, -0.1) is 0 Å². The fourth-order valence-electron chi connectivity index (χ4n) is 0.602. The molecule has 0 rings (SSSR count). The molecule has 0 fully saturated rings. The SMILES string of the molecule is O=C(CO)[C@@H](O)[C@H](O)[C@H](O)CO.[Na].[Na].[Na]. The Morgan fingerprint density at radius 2 is 1.40 bits per heavy atom. The van der Waals surface area contributed by atoms with Crippen LogP contribution in [0, 0.1) is 0 Å². The molecular formula is C6H12Na3O6. The van der Waals surface area contributed by atoms with Crippen LogP contribution >= 0.6 is 0 Å². The van der Waals surface area contributed by atoms with Crippen LogP contribution < -0.4 is 0 Å². The van der Waals surface area contributed by atoms with E-state index >= 15 is 0 Å². The van der Waals surface area contributed by atoms with Crippen molar-refractivity contribution in [3.63, 3.8) is 0 Å². The molecule has 9 heteroatoms. The van der Waals surface area contributed by atoms with Gasteiger partial charge >= 0.3 is 0 Å². The molecule has 0 unspecified atom stereocenters. The molecular weight excluding hydrogens is 237 g/mol. The van der Waals surface area contributed by atoms with Gasteiger partial charge in [0.05, 0.1) is 6.61 Å². The molecule has 0 spiro atoms. The van der Waals surface area contributed by atoms with Gasteiger partial charge in [-0.05, 0) is 0 Å². The molecule has 0 aromatic heterocycles. The van der Waals surface area contributed by atoms with E-state index in [2.05, 4.69) is 0 Å². The van der Waals surface area contributed by atoms with Crippen molar-refractivity contribution in [1.29, 1.82) is 0 Å². The first-order chi connectivity index (χ1) is 5.54. The van der Waals surface area contributed by atoms with Crippen molar-refractivity contribution in [1.82, 2.24) is 0 Å². The Balaban J connectivity index is -0.000000202. The molecule has 0 aromatic rings. The Kier molecular flexibility index (Phi) is 25.3. The van der Waals surface area contributed by atoms with Gasteiger partial charge in [-0.2, -0.15) is 0 Å². The molecule has 0 amide bonds. The molecule has 0 saturated heterocycles. The third kappa shape index (κ3) is 10.1. The Bertz CT molecular complexity index is 158. The number of hydrogen-bond acceptors (Lipinski definition) is 6. The smallest absolute Gasteiger partial charge is 0.189 e. The van der Waals surface area contributed by atoms with Crippen molar-refractivity contribution in [3.8, 4) is 0 Å². The number of aliphatic hydroxyl groups excluding tert-OH is 5. The van der Waals surface area contributed by atoms with Gasteiger partial charge in [-0.25, -0.2) is 0 Å². The summed E-state index contributed by atoms with van der Waals surface area (Å²) in [6, 6.07) is 0. The number of hydrogen-bond donors (Lipinski definition) is 5. The van der Waals surface area contributed by atoms with Crippen molar-refractivity contribution in [2.24, 2.45) is 0 Å². The molecule has 0 aliphatic heterocycles. The summed E-state index contributed by atoms with van der Waals surface area (Å²) in [6.45, 7) is -1.69. The first-order valence-electron chi connectivity index (χ1n) is 3.33. The molecule has 3 radical (unpaired) electrons. The minimum Gasteiger partial charge on any atom is -0.394 e. The summed E-state index contributed by atoms with van der Waals surface area (Å²) in [5.74, 6) is -1.00. The van der Waals surface area contributed by atoms with Crippen LogP contribution in [-0.2, 0) is 4.79 Å². The summed E-state index contributed by atoms with van der Waals surface area (Å²) in [6.07, 6.45) is -5.22. The van der Waals surface area contributed by atoms with Crippen LogP contribution in [0.1, 0.15) is 0 Å². The van der Waals surface area contributed by atoms with Crippen LogP contribution in [0.25, 0.3) is 0 Å². The van der Waals surface area contributed by atoms with E-state index in [1.54, 1.807) is 0 Å². The van der Waals surface area contributed by atoms with Gasteiger partial charge in [0.2, 0.25) is 0 Å². The third-order valence-corrected chi connectivity index (χ3v) is 1.39. The second kappa shape index (κ2) is 14.5. The predicted molar refractivity (Wildman–Crippen MR) is 54.5 cm³/mol. The second-order valence-electron chi connectivity index (χ2n) is 2.31. The number of rotatable bonds is 5. The minimum absolute atomic E-state index is 0. The molecule has 0 saturated carbocycles. The molecule has 6 nitrogen and oxygen atoms in total. The number of ketones is 1.